The summed E-state index contributed by atoms with van der Waals surface area (Å²) in [7, 11) is 0. The number of ketones is 2. The number of unbranched alkanes of at least 4 members (excludes halogenated alkanes) is 1. The SMILES string of the molecule is C=C1NC2CSC(CCCCC(=O)NCCOCCOCCOCCN/C=C(\N)COCCCc3ccc(C(=O)CCC(C)=O)c(N)c3)C2N1.CC. The molecule has 0 aromatic heterocycles. The number of aryl methyl sites for hydroxylation is 1. The van der Waals surface area contributed by atoms with Crippen LogP contribution in [-0.2, 0) is 35.0 Å². The number of nitrogens with two attached hydrogens (primary N) is 2. The standard InChI is InChI=1S/C36H58N6O7S.C2H6/c1-26(43)9-12-33(44)30-11-10-28(22-31(30)38)6-5-15-49-24-29(37)23-39-13-16-46-18-20-48-21-19-47-17-14-40-35(45)8-4-3-7-34-36-32(25-50-34)41-27(2)42-36;1-2/h10-11,22-23,32,34,36,39,41-42H,2-9,12-21,24-25,37-38H2,1H3,(H,40,45);1-2H3/b29-23-;. The van der Waals surface area contributed by atoms with Gasteiger partial charge in [0, 0.05) is 67.4 Å². The fourth-order valence-electron chi connectivity index (χ4n) is 5.66. The first-order chi connectivity index (χ1) is 25.2. The van der Waals surface area contributed by atoms with Crippen molar-refractivity contribution < 1.29 is 33.3 Å². The lowest BCUT2D eigenvalue weighted by Gasteiger charge is -2.17. The van der Waals surface area contributed by atoms with Gasteiger partial charge < -0.3 is 56.5 Å². The molecule has 2 fully saturated rings. The highest BCUT2D eigenvalue weighted by atomic mass is 32.2. The van der Waals surface area contributed by atoms with E-state index in [1.54, 1.807) is 12.3 Å². The van der Waals surface area contributed by atoms with Gasteiger partial charge in [0.05, 0.1) is 69.8 Å². The number of carbonyl (C=O) groups is 3. The van der Waals surface area contributed by atoms with E-state index in [1.807, 2.05) is 37.7 Å². The topological polar surface area (TPSA) is 188 Å². The molecular weight excluding hydrogens is 685 g/mol. The van der Waals surface area contributed by atoms with Gasteiger partial charge in [-0.3, -0.25) is 9.59 Å². The van der Waals surface area contributed by atoms with Gasteiger partial charge in [-0.15, -0.1) is 0 Å². The van der Waals surface area contributed by atoms with Gasteiger partial charge in [-0.2, -0.15) is 11.8 Å². The van der Waals surface area contributed by atoms with Gasteiger partial charge in [0.2, 0.25) is 5.91 Å². The second-order valence-electron chi connectivity index (χ2n) is 12.6. The van der Waals surface area contributed by atoms with Gasteiger partial charge in [-0.05, 0) is 50.3 Å². The summed E-state index contributed by atoms with van der Waals surface area (Å²) in [4.78, 5) is 35.4. The predicted octanol–water partition coefficient (Wildman–Crippen LogP) is 3.43. The van der Waals surface area contributed by atoms with Crippen LogP contribution in [0.25, 0.3) is 0 Å². The van der Waals surface area contributed by atoms with Crippen molar-refractivity contribution in [1.82, 2.24) is 21.3 Å². The van der Waals surface area contributed by atoms with Crippen molar-refractivity contribution in [3.63, 3.8) is 0 Å². The summed E-state index contributed by atoms with van der Waals surface area (Å²) in [5, 5.41) is 13.5. The van der Waals surface area contributed by atoms with Crippen molar-refractivity contribution in [3.8, 4) is 0 Å². The number of rotatable bonds is 28. The quantitative estimate of drug-likeness (QED) is 0.0416. The molecule has 294 valence electrons. The zero-order valence-corrected chi connectivity index (χ0v) is 32.4. The Balaban J connectivity index is 0.00000460. The zero-order chi connectivity index (χ0) is 38.0. The van der Waals surface area contributed by atoms with E-state index in [0.29, 0.717) is 107 Å². The first-order valence-electron chi connectivity index (χ1n) is 18.7. The van der Waals surface area contributed by atoms with Gasteiger partial charge in [0.25, 0.3) is 0 Å². The maximum atomic E-state index is 12.2. The number of nitrogen functional groups attached to an aromatic ring is 1. The van der Waals surface area contributed by atoms with E-state index < -0.39 is 0 Å². The minimum atomic E-state index is -0.113. The van der Waals surface area contributed by atoms with E-state index in [-0.39, 0.29) is 30.3 Å². The zero-order valence-electron chi connectivity index (χ0n) is 31.6. The molecule has 1 aromatic rings. The third kappa shape index (κ3) is 19.0. The number of hydrogen-bond acceptors (Lipinski definition) is 13. The second-order valence-corrected chi connectivity index (χ2v) is 13.9. The molecule has 1 aromatic carbocycles. The molecule has 0 radical (unpaired) electrons. The average molecular weight is 749 g/mol. The van der Waals surface area contributed by atoms with Crippen molar-refractivity contribution in [3.05, 3.63) is 53.6 Å². The first-order valence-corrected chi connectivity index (χ1v) is 19.8. The van der Waals surface area contributed by atoms with Crippen molar-refractivity contribution >= 4 is 34.9 Å². The molecule has 2 heterocycles. The number of benzene rings is 1. The van der Waals surface area contributed by atoms with E-state index in [4.69, 9.17) is 30.4 Å². The number of thioether (sulfide) groups is 1. The molecule has 1 amide bonds. The number of Topliss-reactive ketones (excluding diaryl/α,β-unsaturated/α-hetero) is 2. The van der Waals surface area contributed by atoms with Crippen LogP contribution in [0.1, 0.15) is 81.6 Å². The number of carbonyl (C=O) groups excluding carboxylic acids is 3. The molecule has 13 nitrogen and oxygen atoms in total. The highest BCUT2D eigenvalue weighted by Crippen LogP contribution is 2.34. The first kappa shape index (κ1) is 44.9. The molecular formula is C38H64N6O7S. The Kier molecular flexibility index (Phi) is 23.6. The van der Waals surface area contributed by atoms with Crippen LogP contribution in [0.5, 0.6) is 0 Å². The Labute approximate surface area is 315 Å². The highest BCUT2D eigenvalue weighted by molar-refractivity contribution is 8.00. The van der Waals surface area contributed by atoms with Gasteiger partial charge in [0.15, 0.2) is 5.78 Å². The van der Waals surface area contributed by atoms with E-state index in [0.717, 1.165) is 49.2 Å². The van der Waals surface area contributed by atoms with E-state index in [1.165, 1.54) is 6.92 Å². The average Bonchev–Trinajstić information content (AvgIpc) is 3.68. The molecule has 0 saturated carbocycles. The molecule has 2 aliphatic heterocycles. The molecule has 3 atom stereocenters. The number of nitrogens with one attached hydrogen (secondary N) is 4. The van der Waals surface area contributed by atoms with Crippen LogP contribution in [0.2, 0.25) is 0 Å². The molecule has 52 heavy (non-hydrogen) atoms. The van der Waals surface area contributed by atoms with Gasteiger partial charge in [-0.25, -0.2) is 0 Å². The molecule has 2 aliphatic rings. The van der Waals surface area contributed by atoms with E-state index >= 15 is 0 Å². The second kappa shape index (κ2) is 27.3. The monoisotopic (exact) mass is 748 g/mol. The summed E-state index contributed by atoms with van der Waals surface area (Å²) in [6.07, 6.45) is 7.29. The van der Waals surface area contributed by atoms with Gasteiger partial charge >= 0.3 is 0 Å². The van der Waals surface area contributed by atoms with Crippen molar-refractivity contribution in [1.29, 1.82) is 0 Å². The van der Waals surface area contributed by atoms with Crippen LogP contribution in [0.15, 0.2) is 42.5 Å². The van der Waals surface area contributed by atoms with Crippen LogP contribution < -0.4 is 32.7 Å². The van der Waals surface area contributed by atoms with Crippen LogP contribution in [0.3, 0.4) is 0 Å². The van der Waals surface area contributed by atoms with Crippen molar-refractivity contribution in [2.24, 2.45) is 5.73 Å². The molecule has 3 rings (SSSR count). The van der Waals surface area contributed by atoms with Gasteiger partial charge in [-0.1, -0.05) is 32.9 Å². The molecule has 0 aliphatic carbocycles. The smallest absolute Gasteiger partial charge is 0.220 e. The summed E-state index contributed by atoms with van der Waals surface area (Å²) in [5.74, 6) is 2.00. The number of fused-ring (bicyclic) bond motifs is 1. The summed E-state index contributed by atoms with van der Waals surface area (Å²) in [6.45, 7) is 14.3. The number of anilines is 1. The van der Waals surface area contributed by atoms with Crippen LogP contribution in [0.4, 0.5) is 5.69 Å². The Morgan fingerprint density at radius 3 is 2.35 bits per heavy atom. The van der Waals surface area contributed by atoms with Gasteiger partial charge in [0.1, 0.15) is 5.78 Å². The fourth-order valence-corrected chi connectivity index (χ4v) is 7.21. The summed E-state index contributed by atoms with van der Waals surface area (Å²) >= 11 is 2.01. The van der Waals surface area contributed by atoms with Crippen LogP contribution in [0, 0.1) is 0 Å². The molecule has 3 unspecified atom stereocenters. The normalized spacial score (nSPS) is 17.8. The molecule has 8 N–H and O–H groups in total. The van der Waals surface area contributed by atoms with Crippen molar-refractivity contribution in [2.45, 2.75) is 89.5 Å². The lowest BCUT2D eigenvalue weighted by atomic mass is 10.00. The molecule has 2 saturated heterocycles. The van der Waals surface area contributed by atoms with Crippen LogP contribution in [-0.4, -0.2) is 107 Å². The minimum absolute atomic E-state index is 0.0119. The number of amides is 1. The largest absolute Gasteiger partial charge is 0.399 e. The third-order valence-corrected chi connectivity index (χ3v) is 9.81. The number of ether oxygens (including phenoxy) is 4. The van der Waals surface area contributed by atoms with Crippen molar-refractivity contribution in [2.75, 3.05) is 77.4 Å². The third-order valence-electron chi connectivity index (χ3n) is 8.30. The Bertz CT molecular complexity index is 1250. The maximum absolute atomic E-state index is 12.2. The molecule has 0 bridgehead atoms. The molecule has 0 spiro atoms. The predicted molar refractivity (Wildman–Crippen MR) is 209 cm³/mol. The minimum Gasteiger partial charge on any atom is -0.399 e. The lowest BCUT2D eigenvalue weighted by molar-refractivity contribution is -0.121. The maximum Gasteiger partial charge on any atom is 0.220 e. The fraction of sp³-hybridized carbons (Fsp3) is 0.658. The van der Waals surface area contributed by atoms with E-state index in [2.05, 4.69) is 27.8 Å². The molecule has 14 heteroatoms. The van der Waals surface area contributed by atoms with E-state index in [9.17, 15) is 14.4 Å². The lowest BCUT2D eigenvalue weighted by Crippen LogP contribution is -2.36. The summed E-state index contributed by atoms with van der Waals surface area (Å²) in [5.41, 5.74) is 14.6. The summed E-state index contributed by atoms with van der Waals surface area (Å²) < 4.78 is 22.3. The summed E-state index contributed by atoms with van der Waals surface area (Å²) in [6, 6.07) is 6.39. The highest BCUT2D eigenvalue weighted by Gasteiger charge is 2.40. The Morgan fingerprint density at radius 1 is 0.923 bits per heavy atom. The Morgan fingerprint density at radius 2 is 1.63 bits per heavy atom. The Hall–Kier alpha value is -3.30. The number of hydrogen-bond donors (Lipinski definition) is 6. The van der Waals surface area contributed by atoms with Crippen LogP contribution >= 0.6 is 11.8 Å².